The fourth-order valence-electron chi connectivity index (χ4n) is 7.61. The van der Waals surface area contributed by atoms with Crippen molar-refractivity contribution >= 4 is 38.9 Å². The minimum absolute atomic E-state index is 0.00555. The molecule has 264 valence electrons. The third-order valence-corrected chi connectivity index (χ3v) is 10.2. The van der Waals surface area contributed by atoms with Crippen LogP contribution < -0.4 is 4.90 Å². The maximum atomic E-state index is 9.70. The number of hydrogen-bond donors (Lipinski definition) is 0. The minimum Gasteiger partial charge on any atom is -0.310 e. The molecule has 1 aromatic heterocycles. The normalized spacial score (nSPS) is 13.2. The smallest absolute Gasteiger partial charge is 0.0645 e. The quantitative estimate of drug-likeness (QED) is 0.152. The highest BCUT2D eigenvalue weighted by molar-refractivity contribution is 6.16. The number of nitrogens with zero attached hydrogens (tertiary/aromatic N) is 2. The summed E-state index contributed by atoms with van der Waals surface area (Å²) < 4.78 is 77.1. The molecule has 2 heteroatoms. The average Bonchev–Trinajstić information content (AvgIpc) is 3.69. The fourth-order valence-corrected chi connectivity index (χ4v) is 7.61. The number of rotatable bonds is 8. The third kappa shape index (κ3) is 6.04. The van der Waals surface area contributed by atoms with Crippen LogP contribution in [0.3, 0.4) is 0 Å². The lowest BCUT2D eigenvalue weighted by atomic mass is 9.97. The lowest BCUT2D eigenvalue weighted by molar-refractivity contribution is 1.18. The molecular weight excluding hydrogens is 677 g/mol. The van der Waals surface area contributed by atoms with Crippen LogP contribution in [0, 0.1) is 0 Å². The zero-order valence-electron chi connectivity index (χ0n) is 38.2. The van der Waals surface area contributed by atoms with Gasteiger partial charge in [-0.3, -0.25) is 0 Å². The van der Waals surface area contributed by atoms with E-state index in [4.69, 9.17) is 2.74 Å². The SMILES string of the molecule is [2H]c1c([2H])c([2H])c(N(c2cccc(-c3cccc4c3c3ccccc3n4-c3ccccc3)c2)c2c([2H])c([2H])c(-c3ccc(-c4ccccc4)cc3)c([2H])c2[2H])c(-c2ccccc2)c1[2H]. The fraction of sp³-hybridized carbons (Fsp3) is 0. The third-order valence-electron chi connectivity index (χ3n) is 10.2. The van der Waals surface area contributed by atoms with Crippen LogP contribution in [-0.2, 0) is 0 Å². The molecule has 0 fully saturated rings. The van der Waals surface area contributed by atoms with Crippen molar-refractivity contribution in [2.24, 2.45) is 0 Å². The number of anilines is 3. The van der Waals surface area contributed by atoms with E-state index in [-0.39, 0.29) is 52.7 Å². The molecule has 0 aliphatic carbocycles. The highest BCUT2D eigenvalue weighted by Gasteiger charge is 2.20. The van der Waals surface area contributed by atoms with Gasteiger partial charge in [-0.15, -0.1) is 0 Å². The molecule has 0 radical (unpaired) electrons. The average molecular weight is 723 g/mol. The van der Waals surface area contributed by atoms with E-state index >= 15 is 0 Å². The van der Waals surface area contributed by atoms with E-state index in [0.717, 1.165) is 49.7 Å². The van der Waals surface area contributed by atoms with Crippen molar-refractivity contribution in [1.29, 1.82) is 0 Å². The van der Waals surface area contributed by atoms with Crippen molar-refractivity contribution in [3.63, 3.8) is 0 Å². The summed E-state index contributed by atoms with van der Waals surface area (Å²) in [5.41, 5.74) is 8.13. The summed E-state index contributed by atoms with van der Waals surface area (Å²) >= 11 is 0. The lowest BCUT2D eigenvalue weighted by Gasteiger charge is -2.28. The molecule has 56 heavy (non-hydrogen) atoms. The van der Waals surface area contributed by atoms with Gasteiger partial charge in [0.15, 0.2) is 0 Å². The summed E-state index contributed by atoms with van der Waals surface area (Å²) in [6.45, 7) is 0. The molecular formula is C54H38N2. The highest BCUT2D eigenvalue weighted by atomic mass is 15.1. The molecule has 0 amide bonds. The van der Waals surface area contributed by atoms with Crippen LogP contribution in [0.1, 0.15) is 11.0 Å². The van der Waals surface area contributed by atoms with E-state index < -0.39 is 18.1 Å². The molecule has 0 atom stereocenters. The molecule has 0 N–H and O–H groups in total. The monoisotopic (exact) mass is 722 g/mol. The maximum Gasteiger partial charge on any atom is 0.0645 e. The molecule has 0 saturated carbocycles. The summed E-state index contributed by atoms with van der Waals surface area (Å²) in [7, 11) is 0. The standard InChI is InChI=1S/C54H38N2/c1-4-16-39(17-5-1)40-30-32-41(33-31-40)42-34-36-46(37-35-42)55(51-27-12-10-24-48(51)43-18-6-2-7-19-43)47-23-14-20-44(38-47)49-26-15-29-53-54(49)50-25-11-13-28-52(50)56(53)45-21-8-3-9-22-45/h1-38H/i10D,12D,24D,27D,34D,35D,36D,37D. The van der Waals surface area contributed by atoms with Crippen LogP contribution in [0.4, 0.5) is 17.1 Å². The Morgan fingerprint density at radius 3 is 1.70 bits per heavy atom. The predicted octanol–water partition coefficient (Wildman–Crippen LogP) is 14.9. The second kappa shape index (κ2) is 14.4. The van der Waals surface area contributed by atoms with Crippen LogP contribution in [0.25, 0.3) is 72.0 Å². The van der Waals surface area contributed by atoms with Gasteiger partial charge in [0, 0.05) is 33.4 Å². The van der Waals surface area contributed by atoms with Gasteiger partial charge in [-0.1, -0.05) is 176 Å². The molecule has 0 unspecified atom stereocenters. The summed E-state index contributed by atoms with van der Waals surface area (Å²) in [6.07, 6.45) is 0. The number of aromatic nitrogens is 1. The number of hydrogen-bond acceptors (Lipinski definition) is 1. The summed E-state index contributed by atoms with van der Waals surface area (Å²) in [4.78, 5) is 1.49. The van der Waals surface area contributed by atoms with Gasteiger partial charge < -0.3 is 9.47 Å². The Hall–Kier alpha value is -7.42. The van der Waals surface area contributed by atoms with Crippen LogP contribution in [0.15, 0.2) is 230 Å². The van der Waals surface area contributed by atoms with Crippen molar-refractivity contribution in [3.05, 3.63) is 230 Å². The van der Waals surface area contributed by atoms with E-state index in [1.807, 2.05) is 109 Å². The molecule has 10 rings (SSSR count). The van der Waals surface area contributed by atoms with Crippen molar-refractivity contribution in [2.45, 2.75) is 0 Å². The Balaban J connectivity index is 1.24. The first kappa shape index (κ1) is 25.6. The Labute approximate surface area is 339 Å². The van der Waals surface area contributed by atoms with Crippen LogP contribution in [-0.4, -0.2) is 4.57 Å². The Kier molecular flexibility index (Phi) is 6.59. The van der Waals surface area contributed by atoms with E-state index in [2.05, 4.69) is 34.9 Å². The number of fused-ring (bicyclic) bond motifs is 3. The van der Waals surface area contributed by atoms with Gasteiger partial charge in [0.25, 0.3) is 0 Å². The molecule has 2 nitrogen and oxygen atoms in total. The van der Waals surface area contributed by atoms with E-state index in [1.54, 1.807) is 42.5 Å². The summed E-state index contributed by atoms with van der Waals surface area (Å²) in [6, 6.07) is 55.2. The van der Waals surface area contributed by atoms with E-state index in [9.17, 15) is 8.22 Å². The van der Waals surface area contributed by atoms with Crippen molar-refractivity contribution < 1.29 is 11.0 Å². The Morgan fingerprint density at radius 2 is 0.946 bits per heavy atom. The zero-order chi connectivity index (χ0) is 44.2. The minimum atomic E-state index is -0.496. The maximum absolute atomic E-state index is 9.70. The van der Waals surface area contributed by atoms with Crippen LogP contribution in [0.2, 0.25) is 0 Å². The lowest BCUT2D eigenvalue weighted by Crippen LogP contribution is -2.11. The van der Waals surface area contributed by atoms with Gasteiger partial charge in [-0.05, 0) is 93.5 Å². The van der Waals surface area contributed by atoms with Crippen LogP contribution in [0.5, 0.6) is 0 Å². The molecule has 9 aromatic carbocycles. The largest absolute Gasteiger partial charge is 0.310 e. The number of benzene rings is 9. The summed E-state index contributed by atoms with van der Waals surface area (Å²) in [5, 5.41) is 2.04. The van der Waals surface area contributed by atoms with E-state index in [0.29, 0.717) is 16.8 Å². The Bertz CT molecular complexity index is 3380. The van der Waals surface area contributed by atoms with Gasteiger partial charge in [0.05, 0.1) is 27.7 Å². The molecule has 10 aromatic rings. The van der Waals surface area contributed by atoms with Crippen molar-refractivity contribution in [1.82, 2.24) is 4.57 Å². The van der Waals surface area contributed by atoms with Crippen LogP contribution >= 0.6 is 0 Å². The first-order valence-electron chi connectivity index (χ1n) is 22.5. The molecule has 0 spiro atoms. The molecule has 0 aliphatic heterocycles. The number of para-hydroxylation sites is 3. The van der Waals surface area contributed by atoms with Gasteiger partial charge in [0.1, 0.15) is 0 Å². The highest BCUT2D eigenvalue weighted by Crippen LogP contribution is 2.44. The predicted molar refractivity (Wildman–Crippen MR) is 237 cm³/mol. The van der Waals surface area contributed by atoms with Gasteiger partial charge >= 0.3 is 0 Å². The zero-order valence-corrected chi connectivity index (χ0v) is 30.2. The second-order valence-electron chi connectivity index (χ2n) is 13.5. The van der Waals surface area contributed by atoms with Gasteiger partial charge in [0.2, 0.25) is 0 Å². The molecule has 0 saturated heterocycles. The topological polar surface area (TPSA) is 8.17 Å². The first-order valence-corrected chi connectivity index (χ1v) is 18.5. The van der Waals surface area contributed by atoms with Crippen molar-refractivity contribution in [3.8, 4) is 50.2 Å². The van der Waals surface area contributed by atoms with Gasteiger partial charge in [-0.2, -0.15) is 0 Å². The molecule has 0 bridgehead atoms. The molecule has 1 heterocycles. The second-order valence-corrected chi connectivity index (χ2v) is 13.5. The summed E-state index contributed by atoms with van der Waals surface area (Å²) in [5.74, 6) is 0. The molecule has 0 aliphatic rings. The van der Waals surface area contributed by atoms with Crippen molar-refractivity contribution in [2.75, 3.05) is 4.90 Å². The van der Waals surface area contributed by atoms with E-state index in [1.165, 1.54) is 4.90 Å². The Morgan fingerprint density at radius 1 is 0.375 bits per heavy atom. The van der Waals surface area contributed by atoms with Gasteiger partial charge in [-0.25, -0.2) is 0 Å². The first-order chi connectivity index (χ1) is 31.1.